The number of ether oxygens (including phenoxy) is 2. The molecule has 1 N–H and O–H groups in total. The number of nitrogens with one attached hydrogen (secondary N) is 1. The molecule has 0 aromatic heterocycles. The van der Waals surface area contributed by atoms with Crippen LogP contribution in [0.15, 0.2) is 24.3 Å². The minimum atomic E-state index is -0.330. The third kappa shape index (κ3) is 4.31. The highest BCUT2D eigenvalue weighted by Gasteiger charge is 2.16. The second-order valence-corrected chi connectivity index (χ2v) is 5.00. The predicted octanol–water partition coefficient (Wildman–Crippen LogP) is 2.28. The van der Waals surface area contributed by atoms with Crippen LogP contribution in [0.4, 0.5) is 0 Å². The van der Waals surface area contributed by atoms with E-state index in [1.165, 1.54) is 7.11 Å². The fourth-order valence-electron chi connectivity index (χ4n) is 1.50. The van der Waals surface area contributed by atoms with E-state index in [2.05, 4.69) is 26.0 Å². The molecule has 1 unspecified atom stereocenters. The molecule has 0 saturated heterocycles. The van der Waals surface area contributed by atoms with E-state index >= 15 is 0 Å². The number of esters is 1. The van der Waals surface area contributed by atoms with Crippen molar-refractivity contribution in [3.05, 3.63) is 29.8 Å². The van der Waals surface area contributed by atoms with Gasteiger partial charge in [-0.15, -0.1) is 0 Å². The van der Waals surface area contributed by atoms with Gasteiger partial charge in [0.25, 0.3) is 0 Å². The first-order chi connectivity index (χ1) is 8.58. The molecule has 0 aliphatic heterocycles. The zero-order chi connectivity index (χ0) is 13.5. The number of carbonyl (C=O) groups excluding carboxylic acids is 1. The molecular formula is C13H18BrNO3. The number of hydrogen-bond donors (Lipinski definition) is 1. The van der Waals surface area contributed by atoms with Crippen molar-refractivity contribution < 1.29 is 14.3 Å². The molecule has 0 fully saturated rings. The number of methoxy groups -OCH3 is 2. The molecule has 1 aromatic rings. The Morgan fingerprint density at radius 2 is 1.94 bits per heavy atom. The van der Waals surface area contributed by atoms with Crippen LogP contribution in [-0.2, 0) is 9.53 Å². The summed E-state index contributed by atoms with van der Waals surface area (Å²) >= 11 is 3.27. The number of halogens is 1. The van der Waals surface area contributed by atoms with E-state index < -0.39 is 0 Å². The average Bonchev–Trinajstić information content (AvgIpc) is 2.43. The van der Waals surface area contributed by atoms with Crippen LogP contribution in [0.1, 0.15) is 18.5 Å². The van der Waals surface area contributed by atoms with Gasteiger partial charge in [-0.2, -0.15) is 0 Å². The van der Waals surface area contributed by atoms with Crippen molar-refractivity contribution in [1.82, 2.24) is 5.32 Å². The molecule has 100 valence electrons. The fourth-order valence-corrected chi connectivity index (χ4v) is 1.88. The lowest BCUT2D eigenvalue weighted by Crippen LogP contribution is -2.31. The summed E-state index contributed by atoms with van der Waals surface area (Å²) in [7, 11) is 3.02. The monoisotopic (exact) mass is 315 g/mol. The number of alkyl halides is 1. The molecule has 18 heavy (non-hydrogen) atoms. The second-order valence-electron chi connectivity index (χ2n) is 3.89. The van der Waals surface area contributed by atoms with Gasteiger partial charge in [0.2, 0.25) is 0 Å². The predicted molar refractivity (Wildman–Crippen MR) is 74.1 cm³/mol. The zero-order valence-corrected chi connectivity index (χ0v) is 12.4. The van der Waals surface area contributed by atoms with Gasteiger partial charge in [0, 0.05) is 12.6 Å². The van der Waals surface area contributed by atoms with Gasteiger partial charge >= 0.3 is 5.97 Å². The average molecular weight is 316 g/mol. The van der Waals surface area contributed by atoms with Crippen LogP contribution in [0, 0.1) is 0 Å². The summed E-state index contributed by atoms with van der Waals surface area (Å²) in [5.41, 5.74) is 1.14. The summed E-state index contributed by atoms with van der Waals surface area (Å²) in [5, 5.41) is 3.26. The summed E-state index contributed by atoms with van der Waals surface area (Å²) in [6.07, 6.45) is 0. The number of carbonyl (C=O) groups is 1. The van der Waals surface area contributed by atoms with Gasteiger partial charge in [-0.05, 0) is 24.6 Å². The van der Waals surface area contributed by atoms with Crippen LogP contribution in [0.25, 0.3) is 0 Å². The smallest absolute Gasteiger partial charge is 0.320 e. The number of benzene rings is 1. The van der Waals surface area contributed by atoms with E-state index in [-0.39, 0.29) is 16.8 Å². The molecule has 0 aliphatic rings. The Balaban J connectivity index is 2.49. The molecule has 0 spiro atoms. The first-order valence-corrected chi connectivity index (χ1v) is 6.59. The van der Waals surface area contributed by atoms with Crippen LogP contribution in [-0.4, -0.2) is 31.6 Å². The number of rotatable bonds is 6. The zero-order valence-electron chi connectivity index (χ0n) is 10.8. The molecule has 1 rings (SSSR count). The summed E-state index contributed by atoms with van der Waals surface area (Å²) in [6, 6.07) is 7.98. The molecule has 1 aromatic carbocycles. The summed E-state index contributed by atoms with van der Waals surface area (Å²) in [4.78, 5) is 10.9. The quantitative estimate of drug-likeness (QED) is 0.646. The summed E-state index contributed by atoms with van der Waals surface area (Å²) in [5.74, 6) is 0.559. The molecule has 0 aliphatic carbocycles. The topological polar surface area (TPSA) is 47.6 Å². The lowest BCUT2D eigenvalue weighted by atomic mass is 10.1. The van der Waals surface area contributed by atoms with E-state index in [0.29, 0.717) is 6.54 Å². The SMILES string of the molecule is COC(=O)C(Br)CN[C@@H](C)c1ccc(OC)cc1. The Morgan fingerprint density at radius 1 is 1.33 bits per heavy atom. The third-order valence-electron chi connectivity index (χ3n) is 2.68. The lowest BCUT2D eigenvalue weighted by Gasteiger charge is -2.16. The molecule has 0 heterocycles. The van der Waals surface area contributed by atoms with Crippen LogP contribution < -0.4 is 10.1 Å². The maximum atomic E-state index is 11.2. The van der Waals surface area contributed by atoms with Crippen molar-refractivity contribution in [1.29, 1.82) is 0 Å². The van der Waals surface area contributed by atoms with Gasteiger partial charge in [-0.1, -0.05) is 28.1 Å². The molecule has 5 heteroatoms. The second kappa shape index (κ2) is 7.38. The van der Waals surface area contributed by atoms with E-state index in [4.69, 9.17) is 4.74 Å². The minimum Gasteiger partial charge on any atom is -0.497 e. The molecule has 4 nitrogen and oxygen atoms in total. The highest BCUT2D eigenvalue weighted by Crippen LogP contribution is 2.17. The first kappa shape index (κ1) is 15.0. The largest absolute Gasteiger partial charge is 0.497 e. The van der Waals surface area contributed by atoms with Crippen molar-refractivity contribution in [2.24, 2.45) is 0 Å². The Hall–Kier alpha value is -1.07. The molecule has 0 radical (unpaired) electrons. The van der Waals surface area contributed by atoms with Gasteiger partial charge < -0.3 is 14.8 Å². The highest BCUT2D eigenvalue weighted by atomic mass is 79.9. The minimum absolute atomic E-state index is 0.153. The Morgan fingerprint density at radius 3 is 2.44 bits per heavy atom. The van der Waals surface area contributed by atoms with Gasteiger partial charge in [0.15, 0.2) is 0 Å². The maximum Gasteiger partial charge on any atom is 0.320 e. The molecule has 0 amide bonds. The maximum absolute atomic E-state index is 11.2. The van der Waals surface area contributed by atoms with Crippen molar-refractivity contribution in [2.45, 2.75) is 17.8 Å². The van der Waals surface area contributed by atoms with Gasteiger partial charge in [-0.3, -0.25) is 4.79 Å². The Bertz CT molecular complexity index is 380. The van der Waals surface area contributed by atoms with E-state index in [1.54, 1.807) is 7.11 Å². The summed E-state index contributed by atoms with van der Waals surface area (Å²) in [6.45, 7) is 2.55. The molecule has 0 bridgehead atoms. The Kier molecular flexibility index (Phi) is 6.15. The van der Waals surface area contributed by atoms with Gasteiger partial charge in [0.05, 0.1) is 14.2 Å². The van der Waals surface area contributed by atoms with E-state index in [1.807, 2.05) is 31.2 Å². The van der Waals surface area contributed by atoms with Crippen molar-refractivity contribution in [3.8, 4) is 5.75 Å². The van der Waals surface area contributed by atoms with E-state index in [0.717, 1.165) is 11.3 Å². The van der Waals surface area contributed by atoms with Crippen molar-refractivity contribution in [2.75, 3.05) is 20.8 Å². The van der Waals surface area contributed by atoms with Crippen LogP contribution in [0.2, 0.25) is 0 Å². The molecule has 2 atom stereocenters. The van der Waals surface area contributed by atoms with Crippen molar-refractivity contribution >= 4 is 21.9 Å². The normalized spacial score (nSPS) is 13.8. The fraction of sp³-hybridized carbons (Fsp3) is 0.462. The van der Waals surface area contributed by atoms with Gasteiger partial charge in [-0.25, -0.2) is 0 Å². The summed E-state index contributed by atoms with van der Waals surface area (Å²) < 4.78 is 9.74. The van der Waals surface area contributed by atoms with E-state index in [9.17, 15) is 4.79 Å². The third-order valence-corrected chi connectivity index (χ3v) is 3.37. The highest BCUT2D eigenvalue weighted by molar-refractivity contribution is 9.10. The van der Waals surface area contributed by atoms with Gasteiger partial charge in [0.1, 0.15) is 10.6 Å². The standard InChI is InChI=1S/C13H18BrNO3/c1-9(15-8-12(14)13(16)18-3)10-4-6-11(17-2)7-5-10/h4-7,9,12,15H,8H2,1-3H3/t9-,12?/m0/s1. The Labute approximate surface area is 116 Å². The van der Waals surface area contributed by atoms with Crippen molar-refractivity contribution in [3.63, 3.8) is 0 Å². The van der Waals surface area contributed by atoms with Crippen LogP contribution >= 0.6 is 15.9 Å². The number of hydrogen-bond acceptors (Lipinski definition) is 4. The first-order valence-electron chi connectivity index (χ1n) is 5.67. The van der Waals surface area contributed by atoms with Crippen LogP contribution in [0.5, 0.6) is 5.75 Å². The molecule has 0 saturated carbocycles. The molecular weight excluding hydrogens is 298 g/mol. The van der Waals surface area contributed by atoms with Crippen LogP contribution in [0.3, 0.4) is 0 Å². The lowest BCUT2D eigenvalue weighted by molar-refractivity contribution is -0.139.